The monoisotopic (exact) mass is 442 g/mol. The number of nitrogens with one attached hydrogen (secondary N) is 1. The minimum absolute atomic E-state index is 0.0453. The van der Waals surface area contributed by atoms with E-state index in [1.165, 1.54) is 12.1 Å². The van der Waals surface area contributed by atoms with Gasteiger partial charge in [0.25, 0.3) is 12.3 Å². The SMILES string of the molecule is O=C(Nc1nn(Cc2ccccc2)cc1Cl)c1cc2nc(C3CC3)cc(C(F)F)n2n1. The van der Waals surface area contributed by atoms with Crippen LogP contribution in [0.2, 0.25) is 5.02 Å². The highest BCUT2D eigenvalue weighted by Crippen LogP contribution is 2.40. The fourth-order valence-electron chi connectivity index (χ4n) is 3.38. The van der Waals surface area contributed by atoms with Crippen LogP contribution in [-0.2, 0) is 6.54 Å². The van der Waals surface area contributed by atoms with E-state index >= 15 is 0 Å². The van der Waals surface area contributed by atoms with Gasteiger partial charge in [-0.3, -0.25) is 9.48 Å². The van der Waals surface area contributed by atoms with Crippen LogP contribution >= 0.6 is 11.6 Å². The van der Waals surface area contributed by atoms with Gasteiger partial charge in [-0.05, 0) is 24.5 Å². The molecule has 31 heavy (non-hydrogen) atoms. The second-order valence-corrected chi connectivity index (χ2v) is 7.85. The van der Waals surface area contributed by atoms with E-state index in [-0.39, 0.29) is 33.8 Å². The molecule has 0 saturated heterocycles. The Labute approximate surface area is 180 Å². The summed E-state index contributed by atoms with van der Waals surface area (Å²) in [5.74, 6) is -0.243. The fraction of sp³-hybridized carbons (Fsp3) is 0.238. The zero-order chi connectivity index (χ0) is 21.5. The maximum Gasteiger partial charge on any atom is 0.280 e. The second kappa shape index (κ2) is 7.73. The van der Waals surface area contributed by atoms with Crippen molar-refractivity contribution < 1.29 is 13.6 Å². The van der Waals surface area contributed by atoms with Crippen molar-refractivity contribution in [3.8, 4) is 0 Å². The van der Waals surface area contributed by atoms with Crippen LogP contribution < -0.4 is 5.32 Å². The molecule has 0 aliphatic heterocycles. The van der Waals surface area contributed by atoms with Crippen molar-refractivity contribution in [3.05, 3.63) is 76.3 Å². The van der Waals surface area contributed by atoms with Gasteiger partial charge >= 0.3 is 0 Å². The molecule has 3 aromatic heterocycles. The summed E-state index contributed by atoms with van der Waals surface area (Å²) in [5, 5.41) is 11.2. The Hall–Kier alpha value is -3.33. The molecule has 0 bridgehead atoms. The van der Waals surface area contributed by atoms with Gasteiger partial charge in [0.1, 0.15) is 10.7 Å². The number of nitrogens with zero attached hydrogens (tertiary/aromatic N) is 5. The molecule has 0 atom stereocenters. The Morgan fingerprint density at radius 1 is 1.19 bits per heavy atom. The highest BCUT2D eigenvalue weighted by Gasteiger charge is 2.28. The van der Waals surface area contributed by atoms with Gasteiger partial charge < -0.3 is 5.32 Å². The molecule has 0 unspecified atom stereocenters. The number of halogens is 3. The minimum atomic E-state index is -2.73. The summed E-state index contributed by atoms with van der Waals surface area (Å²) in [5.41, 5.74) is 1.52. The molecular formula is C21H17ClF2N6O. The molecule has 5 rings (SSSR count). The first kappa shape index (κ1) is 19.6. The van der Waals surface area contributed by atoms with Crippen molar-refractivity contribution >= 4 is 29.0 Å². The summed E-state index contributed by atoms with van der Waals surface area (Å²) >= 11 is 6.22. The molecule has 0 radical (unpaired) electrons. The van der Waals surface area contributed by atoms with Crippen LogP contribution in [0.3, 0.4) is 0 Å². The van der Waals surface area contributed by atoms with Crippen molar-refractivity contribution in [2.24, 2.45) is 0 Å². The average Bonchev–Trinajstić information content (AvgIpc) is 3.42. The molecule has 10 heteroatoms. The summed E-state index contributed by atoms with van der Waals surface area (Å²) in [6.07, 6.45) is 0.725. The molecule has 1 fully saturated rings. The Morgan fingerprint density at radius 3 is 2.68 bits per heavy atom. The summed E-state index contributed by atoms with van der Waals surface area (Å²) in [4.78, 5) is 17.1. The largest absolute Gasteiger partial charge is 0.302 e. The summed E-state index contributed by atoms with van der Waals surface area (Å²) in [6, 6.07) is 12.4. The third-order valence-corrected chi connectivity index (χ3v) is 5.34. The number of carbonyl (C=O) groups excluding carboxylic acids is 1. The number of hydrogen-bond acceptors (Lipinski definition) is 4. The van der Waals surface area contributed by atoms with Crippen LogP contribution in [0.25, 0.3) is 5.65 Å². The van der Waals surface area contributed by atoms with Crippen LogP contribution in [-0.4, -0.2) is 30.3 Å². The molecule has 1 aromatic carbocycles. The molecule has 1 aliphatic rings. The standard InChI is InChI=1S/C21H17ClF2N6O/c22-14-11-29(10-12-4-2-1-3-5-12)28-20(14)26-21(31)16-9-18-25-15(13-6-7-13)8-17(19(23)24)30(18)27-16/h1-5,8-9,11,13,19H,6-7,10H2,(H,26,28,31). The van der Waals surface area contributed by atoms with Gasteiger partial charge in [-0.15, -0.1) is 0 Å². The van der Waals surface area contributed by atoms with Crippen molar-refractivity contribution in [2.45, 2.75) is 31.7 Å². The molecule has 1 amide bonds. The molecule has 1 saturated carbocycles. The van der Waals surface area contributed by atoms with Crippen molar-refractivity contribution in [2.75, 3.05) is 5.32 Å². The van der Waals surface area contributed by atoms with Crippen LogP contribution in [0.15, 0.2) is 48.7 Å². The van der Waals surface area contributed by atoms with Gasteiger partial charge in [-0.1, -0.05) is 41.9 Å². The Morgan fingerprint density at radius 2 is 1.97 bits per heavy atom. The Balaban J connectivity index is 1.40. The normalized spacial score (nSPS) is 13.8. The predicted molar refractivity (Wildman–Crippen MR) is 111 cm³/mol. The first-order valence-corrected chi connectivity index (χ1v) is 10.1. The first-order valence-electron chi connectivity index (χ1n) is 9.75. The van der Waals surface area contributed by atoms with Gasteiger partial charge in [0.15, 0.2) is 17.2 Å². The predicted octanol–water partition coefficient (Wildman–Crippen LogP) is 4.69. The number of amides is 1. The van der Waals surface area contributed by atoms with Gasteiger partial charge in [-0.2, -0.15) is 10.2 Å². The topological polar surface area (TPSA) is 77.1 Å². The molecule has 3 heterocycles. The Bertz CT molecular complexity index is 1270. The lowest BCUT2D eigenvalue weighted by Gasteiger charge is -2.06. The van der Waals surface area contributed by atoms with Gasteiger partial charge in [-0.25, -0.2) is 18.3 Å². The molecule has 0 spiro atoms. The summed E-state index contributed by atoms with van der Waals surface area (Å²) in [6.45, 7) is 0.483. The van der Waals surface area contributed by atoms with Crippen molar-refractivity contribution in [1.82, 2.24) is 24.4 Å². The van der Waals surface area contributed by atoms with E-state index < -0.39 is 12.3 Å². The third-order valence-electron chi connectivity index (χ3n) is 5.06. The van der Waals surface area contributed by atoms with E-state index in [1.54, 1.807) is 10.9 Å². The van der Waals surface area contributed by atoms with E-state index in [4.69, 9.17) is 11.6 Å². The third kappa shape index (κ3) is 4.00. The van der Waals surface area contributed by atoms with Crippen LogP contribution in [0, 0.1) is 0 Å². The fourth-order valence-corrected chi connectivity index (χ4v) is 3.58. The average molecular weight is 443 g/mol. The van der Waals surface area contributed by atoms with Gasteiger partial charge in [0, 0.05) is 23.9 Å². The van der Waals surface area contributed by atoms with Crippen LogP contribution in [0.1, 0.15) is 52.6 Å². The van der Waals surface area contributed by atoms with E-state index in [1.807, 2.05) is 30.3 Å². The number of rotatable bonds is 6. The molecular weight excluding hydrogens is 426 g/mol. The van der Waals surface area contributed by atoms with Crippen molar-refractivity contribution in [1.29, 1.82) is 0 Å². The lowest BCUT2D eigenvalue weighted by Crippen LogP contribution is -2.14. The van der Waals surface area contributed by atoms with Crippen LogP contribution in [0.5, 0.6) is 0 Å². The number of anilines is 1. The number of fused-ring (bicyclic) bond motifs is 1. The smallest absolute Gasteiger partial charge is 0.280 e. The van der Waals surface area contributed by atoms with E-state index in [2.05, 4.69) is 20.5 Å². The second-order valence-electron chi connectivity index (χ2n) is 7.44. The maximum absolute atomic E-state index is 13.5. The van der Waals surface area contributed by atoms with E-state index in [0.717, 1.165) is 22.9 Å². The zero-order valence-electron chi connectivity index (χ0n) is 16.2. The summed E-state index contributed by atoms with van der Waals surface area (Å²) in [7, 11) is 0. The lowest BCUT2D eigenvalue weighted by atomic mass is 10.2. The molecule has 1 N–H and O–H groups in total. The zero-order valence-corrected chi connectivity index (χ0v) is 16.9. The number of aromatic nitrogens is 5. The lowest BCUT2D eigenvalue weighted by molar-refractivity contribution is 0.102. The molecule has 7 nitrogen and oxygen atoms in total. The minimum Gasteiger partial charge on any atom is -0.302 e. The van der Waals surface area contributed by atoms with E-state index in [0.29, 0.717) is 12.2 Å². The highest BCUT2D eigenvalue weighted by atomic mass is 35.5. The Kier molecular flexibility index (Phi) is 4.90. The number of hydrogen-bond donors (Lipinski definition) is 1. The first-order chi connectivity index (χ1) is 15.0. The van der Waals surface area contributed by atoms with E-state index in [9.17, 15) is 13.6 Å². The molecule has 158 valence electrons. The highest BCUT2D eigenvalue weighted by molar-refractivity contribution is 6.33. The quantitative estimate of drug-likeness (QED) is 0.469. The number of alkyl halides is 2. The maximum atomic E-state index is 13.5. The molecule has 1 aliphatic carbocycles. The number of benzene rings is 1. The number of carbonyl (C=O) groups is 1. The van der Waals surface area contributed by atoms with Crippen molar-refractivity contribution in [3.63, 3.8) is 0 Å². The summed E-state index contributed by atoms with van der Waals surface area (Å²) < 4.78 is 29.7. The van der Waals surface area contributed by atoms with Gasteiger partial charge in [0.2, 0.25) is 0 Å². The van der Waals surface area contributed by atoms with Crippen LogP contribution in [0.4, 0.5) is 14.6 Å². The van der Waals surface area contributed by atoms with Gasteiger partial charge in [0.05, 0.1) is 6.54 Å². The molecule has 4 aromatic rings.